The van der Waals surface area contributed by atoms with Crippen LogP contribution in [0.25, 0.3) is 0 Å². The van der Waals surface area contributed by atoms with Crippen molar-refractivity contribution in [3.8, 4) is 0 Å². The fourth-order valence-corrected chi connectivity index (χ4v) is 2.76. The number of nitrogens with zero attached hydrogens (tertiary/aromatic N) is 1. The second-order valence-corrected chi connectivity index (χ2v) is 5.58. The van der Waals surface area contributed by atoms with Gasteiger partial charge in [-0.2, -0.15) is 8.78 Å². The first-order chi connectivity index (χ1) is 9.47. The molecule has 0 aliphatic carbocycles. The van der Waals surface area contributed by atoms with Crippen molar-refractivity contribution in [1.82, 2.24) is 4.90 Å². The van der Waals surface area contributed by atoms with Crippen molar-refractivity contribution in [2.45, 2.75) is 17.1 Å². The lowest BCUT2D eigenvalue weighted by molar-refractivity contribution is -0.139. The number of alkyl halides is 2. The minimum Gasteiger partial charge on any atom is -0.481 e. The number of halogens is 2. The molecule has 0 unspecified atom stereocenters. The highest BCUT2D eigenvalue weighted by molar-refractivity contribution is 7.99. The number of hydrogen-bond acceptors (Lipinski definition) is 3. The molecule has 20 heavy (non-hydrogen) atoms. The Morgan fingerprint density at radius 2 is 2.00 bits per heavy atom. The van der Waals surface area contributed by atoms with Gasteiger partial charge in [-0.25, -0.2) is 0 Å². The van der Waals surface area contributed by atoms with Crippen LogP contribution >= 0.6 is 11.8 Å². The molecule has 1 aromatic carbocycles. The van der Waals surface area contributed by atoms with E-state index in [1.807, 2.05) is 0 Å². The first kappa shape index (κ1) is 14.8. The molecule has 1 heterocycles. The number of rotatable bonds is 5. The summed E-state index contributed by atoms with van der Waals surface area (Å²) >= 11 is 0.342. The zero-order valence-corrected chi connectivity index (χ0v) is 11.3. The van der Waals surface area contributed by atoms with Crippen molar-refractivity contribution < 1.29 is 23.5 Å². The van der Waals surface area contributed by atoms with Gasteiger partial charge in [0.15, 0.2) is 0 Å². The van der Waals surface area contributed by atoms with E-state index in [4.69, 9.17) is 5.11 Å². The van der Waals surface area contributed by atoms with Crippen molar-refractivity contribution in [3.05, 3.63) is 29.8 Å². The second-order valence-electron chi connectivity index (χ2n) is 4.55. The minimum atomic E-state index is -2.58. The van der Waals surface area contributed by atoms with Crippen molar-refractivity contribution in [3.63, 3.8) is 0 Å². The van der Waals surface area contributed by atoms with Gasteiger partial charge in [0.1, 0.15) is 0 Å². The van der Waals surface area contributed by atoms with Crippen LogP contribution in [0.2, 0.25) is 0 Å². The molecule has 1 aliphatic rings. The summed E-state index contributed by atoms with van der Waals surface area (Å²) in [4.78, 5) is 24.4. The molecule has 0 radical (unpaired) electrons. The van der Waals surface area contributed by atoms with Crippen LogP contribution < -0.4 is 0 Å². The number of carbonyl (C=O) groups excluding carboxylic acids is 1. The van der Waals surface area contributed by atoms with E-state index in [0.29, 0.717) is 24.9 Å². The zero-order chi connectivity index (χ0) is 14.7. The lowest BCUT2D eigenvalue weighted by atomic mass is 9.95. The maximum atomic E-state index is 12.4. The molecule has 0 atom stereocenters. The van der Waals surface area contributed by atoms with Crippen LogP contribution in [0.15, 0.2) is 29.2 Å². The summed E-state index contributed by atoms with van der Waals surface area (Å²) in [6.07, 6.45) is 0.0250. The molecular formula is C13H13F2NO3S. The van der Waals surface area contributed by atoms with Gasteiger partial charge in [-0.1, -0.05) is 23.9 Å². The van der Waals surface area contributed by atoms with E-state index in [9.17, 15) is 18.4 Å². The molecule has 0 saturated carbocycles. The maximum absolute atomic E-state index is 12.4. The largest absolute Gasteiger partial charge is 0.481 e. The number of carbonyl (C=O) groups is 2. The predicted octanol–water partition coefficient (Wildman–Crippen LogP) is 2.55. The van der Waals surface area contributed by atoms with Crippen molar-refractivity contribution in [2.75, 3.05) is 13.1 Å². The predicted molar refractivity (Wildman–Crippen MR) is 69.9 cm³/mol. The standard InChI is InChI=1S/C13H13F2NO3S/c14-13(15)20-10-4-2-1-3-9(10)12(19)16-6-8(7-16)5-11(17)18/h1-4,8,13H,5-7H2,(H,17,18). The van der Waals surface area contributed by atoms with Crippen LogP contribution in [-0.4, -0.2) is 40.7 Å². The lowest BCUT2D eigenvalue weighted by Gasteiger charge is -2.38. The van der Waals surface area contributed by atoms with Gasteiger partial charge >= 0.3 is 5.97 Å². The maximum Gasteiger partial charge on any atom is 0.303 e. The average molecular weight is 301 g/mol. The van der Waals surface area contributed by atoms with E-state index in [2.05, 4.69) is 0 Å². The smallest absolute Gasteiger partial charge is 0.303 e. The summed E-state index contributed by atoms with van der Waals surface area (Å²) in [6.45, 7) is 0.720. The number of aliphatic carboxylic acids is 1. The Bertz CT molecular complexity index is 518. The van der Waals surface area contributed by atoms with Crippen LogP contribution in [0.4, 0.5) is 8.78 Å². The zero-order valence-electron chi connectivity index (χ0n) is 10.5. The molecule has 1 saturated heterocycles. The molecule has 0 bridgehead atoms. The summed E-state index contributed by atoms with van der Waals surface area (Å²) in [5, 5.41) is 8.64. The molecule has 1 N–H and O–H groups in total. The summed E-state index contributed by atoms with van der Waals surface area (Å²) in [7, 11) is 0. The Kier molecular flexibility index (Phi) is 4.59. The Balaban J connectivity index is 2.02. The molecule has 0 spiro atoms. The number of carboxylic acid groups (broad SMARTS) is 1. The number of hydrogen-bond donors (Lipinski definition) is 1. The highest BCUT2D eigenvalue weighted by Gasteiger charge is 2.33. The number of carboxylic acids is 1. The average Bonchev–Trinajstić information content (AvgIpc) is 2.32. The summed E-state index contributed by atoms with van der Waals surface area (Å²) in [5.41, 5.74) is 0.242. The van der Waals surface area contributed by atoms with E-state index >= 15 is 0 Å². The van der Waals surface area contributed by atoms with Crippen LogP contribution in [0, 0.1) is 5.92 Å². The molecule has 4 nitrogen and oxygen atoms in total. The fraction of sp³-hybridized carbons (Fsp3) is 0.385. The summed E-state index contributed by atoms with van der Waals surface area (Å²) < 4.78 is 24.9. The number of amides is 1. The summed E-state index contributed by atoms with van der Waals surface area (Å²) in [5.74, 6) is -3.85. The van der Waals surface area contributed by atoms with E-state index in [0.717, 1.165) is 0 Å². The van der Waals surface area contributed by atoms with Gasteiger partial charge in [0.2, 0.25) is 0 Å². The van der Waals surface area contributed by atoms with Crippen LogP contribution in [0.5, 0.6) is 0 Å². The molecule has 108 valence electrons. The van der Waals surface area contributed by atoms with Gasteiger partial charge in [-0.3, -0.25) is 9.59 Å². The Hall–Kier alpha value is -1.63. The van der Waals surface area contributed by atoms with E-state index in [1.165, 1.54) is 17.0 Å². The van der Waals surface area contributed by atoms with Gasteiger partial charge in [-0.05, 0) is 12.1 Å². The van der Waals surface area contributed by atoms with E-state index < -0.39 is 11.7 Å². The number of benzene rings is 1. The third-order valence-corrected chi connectivity index (χ3v) is 3.83. The van der Waals surface area contributed by atoms with Crippen molar-refractivity contribution >= 4 is 23.6 Å². The fourth-order valence-electron chi connectivity index (χ4n) is 2.12. The first-order valence-corrected chi connectivity index (χ1v) is 6.90. The molecule has 0 aromatic heterocycles. The Morgan fingerprint density at radius 1 is 1.35 bits per heavy atom. The van der Waals surface area contributed by atoms with Crippen molar-refractivity contribution in [2.24, 2.45) is 5.92 Å². The van der Waals surface area contributed by atoms with Gasteiger partial charge in [0.25, 0.3) is 11.7 Å². The number of likely N-dealkylation sites (tertiary alicyclic amines) is 1. The van der Waals surface area contributed by atoms with E-state index in [1.54, 1.807) is 12.1 Å². The van der Waals surface area contributed by atoms with Gasteiger partial charge in [0, 0.05) is 23.9 Å². The molecule has 1 aliphatic heterocycles. The molecule has 1 fully saturated rings. The van der Waals surface area contributed by atoms with Gasteiger partial charge < -0.3 is 10.0 Å². The second kappa shape index (κ2) is 6.21. The normalized spacial score (nSPS) is 15.2. The van der Waals surface area contributed by atoms with Crippen LogP contribution in [0.1, 0.15) is 16.8 Å². The third kappa shape index (κ3) is 3.47. The third-order valence-electron chi connectivity index (χ3n) is 3.04. The molecular weight excluding hydrogens is 288 g/mol. The minimum absolute atomic E-state index is 0.0250. The highest BCUT2D eigenvalue weighted by Crippen LogP contribution is 2.30. The highest BCUT2D eigenvalue weighted by atomic mass is 32.2. The molecule has 1 amide bonds. The molecule has 2 rings (SSSR count). The van der Waals surface area contributed by atoms with Crippen molar-refractivity contribution in [1.29, 1.82) is 0 Å². The summed E-state index contributed by atoms with van der Waals surface area (Å²) in [6, 6.07) is 6.22. The quantitative estimate of drug-likeness (QED) is 0.849. The topological polar surface area (TPSA) is 57.6 Å². The van der Waals surface area contributed by atoms with E-state index in [-0.39, 0.29) is 28.7 Å². The van der Waals surface area contributed by atoms with Crippen LogP contribution in [0.3, 0.4) is 0 Å². The Morgan fingerprint density at radius 3 is 2.60 bits per heavy atom. The molecule has 1 aromatic rings. The van der Waals surface area contributed by atoms with Crippen LogP contribution in [-0.2, 0) is 4.79 Å². The number of thioether (sulfide) groups is 1. The molecule has 7 heteroatoms. The SMILES string of the molecule is O=C(O)CC1CN(C(=O)c2ccccc2SC(F)F)C1. The van der Waals surface area contributed by atoms with Gasteiger partial charge in [-0.15, -0.1) is 0 Å². The monoisotopic (exact) mass is 301 g/mol. The Labute approximate surface area is 118 Å². The first-order valence-electron chi connectivity index (χ1n) is 6.02. The lowest BCUT2D eigenvalue weighted by Crippen LogP contribution is -2.50. The van der Waals surface area contributed by atoms with Gasteiger partial charge in [0.05, 0.1) is 12.0 Å².